The van der Waals surface area contributed by atoms with Gasteiger partial charge in [0.15, 0.2) is 0 Å². The first-order chi connectivity index (χ1) is 9.68. The molecule has 1 amide bonds. The summed E-state index contributed by atoms with van der Waals surface area (Å²) in [6, 6.07) is 4.07. The highest BCUT2D eigenvalue weighted by atomic mass is 35.5. The Morgan fingerprint density at radius 2 is 1.76 bits per heavy atom. The largest absolute Gasteiger partial charge is 0.396 e. The third kappa shape index (κ3) is 3.66. The smallest absolute Gasteiger partial charge is 0.256 e. The summed E-state index contributed by atoms with van der Waals surface area (Å²) in [6.45, 7) is 0. The van der Waals surface area contributed by atoms with E-state index in [-0.39, 0.29) is 25.5 Å². The summed E-state index contributed by atoms with van der Waals surface area (Å²) in [5.74, 6) is -0.516. The fraction of sp³-hybridized carbons (Fsp3) is 0. The van der Waals surface area contributed by atoms with E-state index >= 15 is 0 Å². The lowest BCUT2D eigenvalue weighted by atomic mass is 10.2. The number of hydrogen-bond donors (Lipinski definition) is 3. The third-order valence-corrected chi connectivity index (χ3v) is 5.47. The zero-order valence-electron chi connectivity index (χ0n) is 10.3. The topological polar surface area (TPSA) is 115 Å². The Morgan fingerprint density at radius 3 is 2.24 bits per heavy atom. The van der Waals surface area contributed by atoms with E-state index < -0.39 is 15.9 Å². The molecular weight excluding hydrogens is 357 g/mol. The molecule has 6 nitrogen and oxygen atoms in total. The van der Waals surface area contributed by atoms with Gasteiger partial charge in [0.2, 0.25) is 10.0 Å². The number of carbonyl (C=O) groups is 1. The number of hydrogen-bond acceptors (Lipinski definition) is 5. The molecular formula is C11H9Cl2N3O3S2. The molecule has 10 heteroatoms. The summed E-state index contributed by atoms with van der Waals surface area (Å²) in [6.07, 6.45) is 0. The van der Waals surface area contributed by atoms with Crippen molar-refractivity contribution >= 4 is 61.8 Å². The molecule has 0 fully saturated rings. The maximum absolute atomic E-state index is 12.0. The number of primary sulfonamides is 1. The average Bonchev–Trinajstić information content (AvgIpc) is 2.85. The Kier molecular flexibility index (Phi) is 4.45. The maximum atomic E-state index is 12.0. The Labute approximate surface area is 134 Å². The number of thiophene rings is 1. The van der Waals surface area contributed by atoms with Gasteiger partial charge in [0, 0.05) is 11.1 Å². The van der Waals surface area contributed by atoms with Crippen molar-refractivity contribution in [1.82, 2.24) is 0 Å². The third-order valence-electron chi connectivity index (χ3n) is 2.45. The second-order valence-corrected chi connectivity index (χ2v) is 7.52. The zero-order valence-corrected chi connectivity index (χ0v) is 13.4. The number of nitrogens with two attached hydrogens (primary N) is 2. The van der Waals surface area contributed by atoms with Gasteiger partial charge in [-0.15, -0.1) is 11.3 Å². The Bertz CT molecular complexity index is 795. The highest BCUT2D eigenvalue weighted by molar-refractivity contribution is 7.91. The average molecular weight is 366 g/mol. The number of nitrogens with one attached hydrogen (secondary N) is 1. The summed E-state index contributed by atoms with van der Waals surface area (Å²) in [4.78, 5) is 12.0. The summed E-state index contributed by atoms with van der Waals surface area (Å²) in [7, 11) is -3.83. The van der Waals surface area contributed by atoms with E-state index in [1.807, 2.05) is 0 Å². The van der Waals surface area contributed by atoms with Crippen molar-refractivity contribution in [2.45, 2.75) is 4.21 Å². The molecule has 1 aromatic carbocycles. The van der Waals surface area contributed by atoms with Gasteiger partial charge in [0.1, 0.15) is 4.21 Å². The molecule has 5 N–H and O–H groups in total. The fourth-order valence-corrected chi connectivity index (χ4v) is 3.52. The summed E-state index contributed by atoms with van der Waals surface area (Å²) < 4.78 is 22.2. The molecule has 21 heavy (non-hydrogen) atoms. The van der Waals surface area contributed by atoms with E-state index in [4.69, 9.17) is 34.1 Å². The molecule has 2 rings (SSSR count). The van der Waals surface area contributed by atoms with Crippen LogP contribution in [-0.4, -0.2) is 14.3 Å². The minimum Gasteiger partial charge on any atom is -0.396 e. The van der Waals surface area contributed by atoms with Crippen LogP contribution in [0.4, 0.5) is 11.4 Å². The molecule has 0 bridgehead atoms. The van der Waals surface area contributed by atoms with Crippen LogP contribution in [0, 0.1) is 0 Å². The maximum Gasteiger partial charge on any atom is 0.256 e. The van der Waals surface area contributed by atoms with Gasteiger partial charge >= 0.3 is 0 Å². The van der Waals surface area contributed by atoms with Crippen molar-refractivity contribution in [3.63, 3.8) is 0 Å². The normalized spacial score (nSPS) is 11.4. The van der Waals surface area contributed by atoms with Gasteiger partial charge in [-0.25, -0.2) is 13.6 Å². The molecule has 0 saturated heterocycles. The number of carbonyl (C=O) groups excluding carboxylic acids is 1. The molecule has 1 aromatic heterocycles. The zero-order chi connectivity index (χ0) is 15.8. The van der Waals surface area contributed by atoms with Crippen molar-refractivity contribution in [3.05, 3.63) is 39.2 Å². The van der Waals surface area contributed by atoms with Gasteiger partial charge in [0.05, 0.1) is 21.3 Å². The van der Waals surface area contributed by atoms with E-state index in [1.165, 1.54) is 23.6 Å². The number of rotatable bonds is 3. The van der Waals surface area contributed by atoms with Gasteiger partial charge in [-0.05, 0) is 18.2 Å². The number of amides is 1. The van der Waals surface area contributed by atoms with E-state index in [1.54, 1.807) is 0 Å². The number of sulfonamides is 1. The van der Waals surface area contributed by atoms with Crippen molar-refractivity contribution in [3.8, 4) is 0 Å². The lowest BCUT2D eigenvalue weighted by Crippen LogP contribution is -2.12. The highest BCUT2D eigenvalue weighted by Gasteiger charge is 2.16. The molecule has 0 atom stereocenters. The minimum atomic E-state index is -3.83. The van der Waals surface area contributed by atoms with Crippen molar-refractivity contribution in [2.75, 3.05) is 11.1 Å². The summed E-state index contributed by atoms with van der Waals surface area (Å²) >= 11 is 12.6. The summed E-state index contributed by atoms with van der Waals surface area (Å²) in [5.41, 5.74) is 6.30. The molecule has 112 valence electrons. The van der Waals surface area contributed by atoms with E-state index in [0.717, 1.165) is 11.3 Å². The van der Waals surface area contributed by atoms with E-state index in [0.29, 0.717) is 5.69 Å². The molecule has 0 radical (unpaired) electrons. The predicted octanol–water partition coefficient (Wildman–Crippen LogP) is 2.54. The van der Waals surface area contributed by atoms with Gasteiger partial charge in [-0.1, -0.05) is 23.2 Å². The Morgan fingerprint density at radius 1 is 1.19 bits per heavy atom. The van der Waals surface area contributed by atoms with Gasteiger partial charge in [-0.2, -0.15) is 0 Å². The van der Waals surface area contributed by atoms with Crippen molar-refractivity contribution in [2.24, 2.45) is 5.14 Å². The van der Waals surface area contributed by atoms with Crippen molar-refractivity contribution < 1.29 is 13.2 Å². The number of halogens is 2. The Balaban J connectivity index is 2.24. The molecule has 0 unspecified atom stereocenters. The quantitative estimate of drug-likeness (QED) is 0.724. The van der Waals surface area contributed by atoms with E-state index in [2.05, 4.69) is 5.32 Å². The van der Waals surface area contributed by atoms with Crippen LogP contribution in [0.5, 0.6) is 0 Å². The first-order valence-corrected chi connectivity index (χ1v) is 8.54. The number of anilines is 2. The van der Waals surface area contributed by atoms with E-state index in [9.17, 15) is 13.2 Å². The second kappa shape index (κ2) is 5.82. The standard InChI is InChI=1S/C11H9Cl2N3O3S2/c12-7-2-6(3-8(13)10(7)14)16-11(17)5-1-9(20-4-5)21(15,18)19/h1-4H,14H2,(H,16,17)(H2,15,18,19). The van der Waals surface area contributed by atoms with Crippen LogP contribution in [-0.2, 0) is 10.0 Å². The van der Waals surface area contributed by atoms with Gasteiger partial charge in [-0.3, -0.25) is 4.79 Å². The predicted molar refractivity (Wildman–Crippen MR) is 84.5 cm³/mol. The van der Waals surface area contributed by atoms with Crippen LogP contribution in [0.15, 0.2) is 27.8 Å². The van der Waals surface area contributed by atoms with Crippen LogP contribution in [0.3, 0.4) is 0 Å². The highest BCUT2D eigenvalue weighted by Crippen LogP contribution is 2.31. The fourth-order valence-electron chi connectivity index (χ4n) is 1.44. The first kappa shape index (κ1) is 16.1. The summed E-state index contributed by atoms with van der Waals surface area (Å²) in [5, 5.41) is 9.31. The van der Waals surface area contributed by atoms with Crippen LogP contribution in [0.2, 0.25) is 10.0 Å². The number of nitrogen functional groups attached to an aromatic ring is 1. The second-order valence-electron chi connectivity index (χ2n) is 4.01. The molecule has 1 heterocycles. The minimum absolute atomic E-state index is 0.0963. The molecule has 0 spiro atoms. The molecule has 0 saturated carbocycles. The van der Waals surface area contributed by atoms with Crippen molar-refractivity contribution in [1.29, 1.82) is 0 Å². The van der Waals surface area contributed by atoms with Crippen LogP contribution >= 0.6 is 34.5 Å². The van der Waals surface area contributed by atoms with Crippen LogP contribution in [0.25, 0.3) is 0 Å². The lowest BCUT2D eigenvalue weighted by Gasteiger charge is -2.07. The number of benzene rings is 1. The lowest BCUT2D eigenvalue weighted by molar-refractivity contribution is 0.102. The first-order valence-electron chi connectivity index (χ1n) is 5.35. The van der Waals surface area contributed by atoms with Crippen LogP contribution in [0.1, 0.15) is 10.4 Å². The molecule has 0 aliphatic rings. The van der Waals surface area contributed by atoms with Gasteiger partial charge < -0.3 is 11.1 Å². The molecule has 2 aromatic rings. The molecule has 0 aliphatic heterocycles. The Hall–Kier alpha value is -1.32. The molecule has 0 aliphatic carbocycles. The SMILES string of the molecule is Nc1c(Cl)cc(NC(=O)c2csc(S(N)(=O)=O)c2)cc1Cl. The monoisotopic (exact) mass is 365 g/mol. The van der Waals surface area contributed by atoms with Gasteiger partial charge in [0.25, 0.3) is 5.91 Å². The van der Waals surface area contributed by atoms with Crippen LogP contribution < -0.4 is 16.2 Å².